The second-order valence-corrected chi connectivity index (χ2v) is 4.42. The van der Waals surface area contributed by atoms with Crippen LogP contribution in [0.5, 0.6) is 0 Å². The van der Waals surface area contributed by atoms with Gasteiger partial charge in [-0.15, -0.1) is 0 Å². The lowest BCUT2D eigenvalue weighted by Crippen LogP contribution is -2.36. The molecule has 0 aliphatic heterocycles. The molecule has 0 aliphatic carbocycles. The molecule has 1 rings (SSSR count). The predicted octanol–water partition coefficient (Wildman–Crippen LogP) is 2.41. The fourth-order valence-corrected chi connectivity index (χ4v) is 1.97. The number of nitrogens with zero attached hydrogens (tertiary/aromatic N) is 1. The summed E-state index contributed by atoms with van der Waals surface area (Å²) in [5.74, 6) is -0.182. The van der Waals surface area contributed by atoms with E-state index in [1.54, 1.807) is 13.2 Å². The maximum absolute atomic E-state index is 13.8. The maximum Gasteiger partial charge on any atom is 0.146 e. The van der Waals surface area contributed by atoms with Crippen LogP contribution < -0.4 is 10.6 Å². The van der Waals surface area contributed by atoms with Crippen LogP contribution in [0.3, 0.4) is 0 Å². The Kier molecular flexibility index (Phi) is 6.68. The minimum absolute atomic E-state index is 0.182. The molecule has 1 unspecified atom stereocenters. The van der Waals surface area contributed by atoms with Crippen molar-refractivity contribution in [2.75, 3.05) is 31.7 Å². The summed E-state index contributed by atoms with van der Waals surface area (Å²) >= 11 is 0. The molecule has 0 spiro atoms. The van der Waals surface area contributed by atoms with Crippen LogP contribution in [0.15, 0.2) is 24.3 Å². The first kappa shape index (κ1) is 14.9. The number of para-hydroxylation sites is 1. The summed E-state index contributed by atoms with van der Waals surface area (Å²) in [5, 5.41) is 0. The summed E-state index contributed by atoms with van der Waals surface area (Å²) < 4.78 is 18.9. The van der Waals surface area contributed by atoms with Crippen molar-refractivity contribution in [3.8, 4) is 0 Å². The Bertz CT molecular complexity index is 346. The van der Waals surface area contributed by atoms with E-state index in [9.17, 15) is 4.39 Å². The lowest BCUT2D eigenvalue weighted by molar-refractivity contribution is 0.188. The normalized spacial score (nSPS) is 12.4. The third-order valence-corrected chi connectivity index (χ3v) is 3.04. The Hall–Kier alpha value is -1.13. The Morgan fingerprint density at radius 1 is 1.39 bits per heavy atom. The molecule has 0 saturated carbocycles. The highest BCUT2D eigenvalue weighted by atomic mass is 19.1. The van der Waals surface area contributed by atoms with Crippen molar-refractivity contribution < 1.29 is 9.13 Å². The highest BCUT2D eigenvalue weighted by molar-refractivity contribution is 5.48. The number of nitrogens with two attached hydrogens (primary N) is 1. The first-order valence-corrected chi connectivity index (χ1v) is 6.41. The quantitative estimate of drug-likeness (QED) is 0.774. The Balaban J connectivity index is 2.80. The molecule has 1 aromatic rings. The van der Waals surface area contributed by atoms with Crippen molar-refractivity contribution in [1.82, 2.24) is 0 Å². The zero-order valence-corrected chi connectivity index (χ0v) is 11.2. The van der Waals surface area contributed by atoms with Crippen molar-refractivity contribution in [3.63, 3.8) is 0 Å². The molecule has 0 bridgehead atoms. The molecule has 0 aliphatic rings. The summed E-state index contributed by atoms with van der Waals surface area (Å²) in [7, 11) is 1.68. The number of methoxy groups -OCH3 is 1. The van der Waals surface area contributed by atoms with E-state index in [1.165, 1.54) is 6.07 Å². The number of halogens is 1. The van der Waals surface area contributed by atoms with Crippen LogP contribution in [0.2, 0.25) is 0 Å². The highest BCUT2D eigenvalue weighted by Crippen LogP contribution is 2.22. The zero-order chi connectivity index (χ0) is 13.4. The van der Waals surface area contributed by atoms with Crippen molar-refractivity contribution in [2.45, 2.75) is 25.8 Å². The molecule has 3 nitrogen and oxygen atoms in total. The Labute approximate surface area is 109 Å². The second kappa shape index (κ2) is 8.06. The van der Waals surface area contributed by atoms with Gasteiger partial charge in [0.25, 0.3) is 0 Å². The van der Waals surface area contributed by atoms with Crippen LogP contribution in [0, 0.1) is 5.82 Å². The van der Waals surface area contributed by atoms with Gasteiger partial charge < -0.3 is 15.4 Å². The fraction of sp³-hybridized carbons (Fsp3) is 0.571. The van der Waals surface area contributed by atoms with Gasteiger partial charge in [-0.2, -0.15) is 0 Å². The van der Waals surface area contributed by atoms with E-state index in [0.717, 1.165) is 19.4 Å². The minimum Gasteiger partial charge on any atom is -0.385 e. The van der Waals surface area contributed by atoms with Gasteiger partial charge in [0.1, 0.15) is 5.82 Å². The summed E-state index contributed by atoms with van der Waals surface area (Å²) in [4.78, 5) is 2.07. The molecule has 1 atom stereocenters. The van der Waals surface area contributed by atoms with Crippen LogP contribution in [-0.2, 0) is 4.74 Å². The second-order valence-electron chi connectivity index (χ2n) is 4.42. The third kappa shape index (κ3) is 4.27. The SMILES string of the molecule is COCCC(C)N(CCCN)c1ccccc1F. The van der Waals surface area contributed by atoms with E-state index >= 15 is 0 Å². The van der Waals surface area contributed by atoms with Crippen LogP contribution >= 0.6 is 0 Å². The van der Waals surface area contributed by atoms with Gasteiger partial charge in [0.2, 0.25) is 0 Å². The van der Waals surface area contributed by atoms with E-state index in [2.05, 4.69) is 11.8 Å². The standard InChI is InChI=1S/C14H23FN2O/c1-12(8-11-18-2)17(10-5-9-16)14-7-4-3-6-13(14)15/h3-4,6-7,12H,5,8-11,16H2,1-2H3. The molecule has 102 valence electrons. The van der Waals surface area contributed by atoms with E-state index in [-0.39, 0.29) is 11.9 Å². The molecule has 0 radical (unpaired) electrons. The number of hydrogen-bond acceptors (Lipinski definition) is 3. The molecule has 2 N–H and O–H groups in total. The van der Waals surface area contributed by atoms with Gasteiger partial charge in [0, 0.05) is 26.3 Å². The first-order valence-electron chi connectivity index (χ1n) is 6.41. The van der Waals surface area contributed by atoms with E-state index in [4.69, 9.17) is 10.5 Å². The van der Waals surface area contributed by atoms with Gasteiger partial charge in [-0.05, 0) is 38.4 Å². The van der Waals surface area contributed by atoms with Crippen LogP contribution in [0.4, 0.5) is 10.1 Å². The van der Waals surface area contributed by atoms with Crippen LogP contribution in [-0.4, -0.2) is 32.8 Å². The summed E-state index contributed by atoms with van der Waals surface area (Å²) in [5.41, 5.74) is 6.20. The average Bonchev–Trinajstić information content (AvgIpc) is 2.38. The number of ether oxygens (including phenoxy) is 1. The molecule has 0 saturated heterocycles. The monoisotopic (exact) mass is 254 g/mol. The smallest absolute Gasteiger partial charge is 0.146 e. The van der Waals surface area contributed by atoms with Gasteiger partial charge in [-0.1, -0.05) is 12.1 Å². The summed E-state index contributed by atoms with van der Waals surface area (Å²) in [6.07, 6.45) is 1.72. The van der Waals surface area contributed by atoms with Crippen LogP contribution in [0.1, 0.15) is 19.8 Å². The molecule has 0 amide bonds. The predicted molar refractivity (Wildman–Crippen MR) is 73.4 cm³/mol. The maximum atomic E-state index is 13.8. The topological polar surface area (TPSA) is 38.5 Å². The van der Waals surface area contributed by atoms with E-state index < -0.39 is 0 Å². The molecule has 4 heteroatoms. The molecule has 18 heavy (non-hydrogen) atoms. The molecule has 1 aromatic carbocycles. The number of anilines is 1. The molecule has 0 heterocycles. The fourth-order valence-electron chi connectivity index (χ4n) is 1.97. The Morgan fingerprint density at radius 3 is 2.72 bits per heavy atom. The van der Waals surface area contributed by atoms with Crippen molar-refractivity contribution in [2.24, 2.45) is 5.73 Å². The highest BCUT2D eigenvalue weighted by Gasteiger charge is 2.16. The summed E-state index contributed by atoms with van der Waals surface area (Å²) in [6.45, 7) is 4.14. The minimum atomic E-state index is -0.182. The first-order chi connectivity index (χ1) is 8.70. The van der Waals surface area contributed by atoms with Gasteiger partial charge in [0.15, 0.2) is 0 Å². The molecular weight excluding hydrogens is 231 g/mol. The third-order valence-electron chi connectivity index (χ3n) is 3.04. The van der Waals surface area contributed by atoms with Crippen molar-refractivity contribution in [3.05, 3.63) is 30.1 Å². The van der Waals surface area contributed by atoms with Gasteiger partial charge >= 0.3 is 0 Å². The Morgan fingerprint density at radius 2 is 2.11 bits per heavy atom. The van der Waals surface area contributed by atoms with Gasteiger partial charge in [-0.25, -0.2) is 4.39 Å². The number of hydrogen-bond donors (Lipinski definition) is 1. The van der Waals surface area contributed by atoms with Crippen molar-refractivity contribution >= 4 is 5.69 Å². The van der Waals surface area contributed by atoms with Gasteiger partial charge in [-0.3, -0.25) is 0 Å². The summed E-state index contributed by atoms with van der Waals surface area (Å²) in [6, 6.07) is 7.10. The zero-order valence-electron chi connectivity index (χ0n) is 11.2. The van der Waals surface area contributed by atoms with Crippen LogP contribution in [0.25, 0.3) is 0 Å². The van der Waals surface area contributed by atoms with Crippen molar-refractivity contribution in [1.29, 1.82) is 0 Å². The number of benzene rings is 1. The lowest BCUT2D eigenvalue weighted by Gasteiger charge is -2.31. The average molecular weight is 254 g/mol. The largest absolute Gasteiger partial charge is 0.385 e. The molecular formula is C14H23FN2O. The van der Waals surface area contributed by atoms with E-state index in [0.29, 0.717) is 18.8 Å². The van der Waals surface area contributed by atoms with E-state index in [1.807, 2.05) is 12.1 Å². The lowest BCUT2D eigenvalue weighted by atomic mass is 10.1. The number of rotatable bonds is 8. The molecule has 0 fully saturated rings. The van der Waals surface area contributed by atoms with Gasteiger partial charge in [0.05, 0.1) is 5.69 Å². The molecule has 0 aromatic heterocycles.